The van der Waals surface area contributed by atoms with Gasteiger partial charge in [0.15, 0.2) is 0 Å². The molecular weight excluding hydrogens is 378 g/mol. The maximum absolute atomic E-state index is 12.8. The first-order valence-corrected chi connectivity index (χ1v) is 10.6. The summed E-state index contributed by atoms with van der Waals surface area (Å²) in [7, 11) is 0. The minimum atomic E-state index is -0.243. The summed E-state index contributed by atoms with van der Waals surface area (Å²) in [5.41, 5.74) is 2.27. The van der Waals surface area contributed by atoms with Crippen LogP contribution in [0.15, 0.2) is 53.7 Å². The Bertz CT molecular complexity index is 1000. The minimum Gasteiger partial charge on any atom is -0.418 e. The van der Waals surface area contributed by atoms with Crippen LogP contribution in [-0.2, 0) is 6.42 Å². The van der Waals surface area contributed by atoms with Crippen molar-refractivity contribution in [3.8, 4) is 0 Å². The van der Waals surface area contributed by atoms with E-state index in [4.69, 9.17) is 4.42 Å². The maximum Gasteiger partial charge on any atom is 0.298 e. The smallest absolute Gasteiger partial charge is 0.298 e. The van der Waals surface area contributed by atoms with Crippen LogP contribution in [0.1, 0.15) is 29.5 Å². The Kier molecular flexibility index (Phi) is 6.18. The number of amides is 1. The van der Waals surface area contributed by atoms with Gasteiger partial charge < -0.3 is 24.5 Å². The van der Waals surface area contributed by atoms with Gasteiger partial charge in [0.05, 0.1) is 6.20 Å². The first-order chi connectivity index (χ1) is 14.7. The van der Waals surface area contributed by atoms with E-state index in [2.05, 4.69) is 50.7 Å². The summed E-state index contributed by atoms with van der Waals surface area (Å²) in [4.78, 5) is 24.9. The highest BCUT2D eigenvalue weighted by atomic mass is 16.4. The molecule has 2 N–H and O–H groups in total. The lowest BCUT2D eigenvalue weighted by atomic mass is 10.0. The summed E-state index contributed by atoms with van der Waals surface area (Å²) < 4.78 is 5.79. The number of anilines is 1. The fraction of sp³-hybridized carbons (Fsp3) is 0.391. The number of likely N-dealkylation sites (N-methyl/N-ethyl adjacent to an activating group) is 1. The second-order valence-corrected chi connectivity index (χ2v) is 7.69. The monoisotopic (exact) mass is 407 g/mol. The molecule has 7 nitrogen and oxygen atoms in total. The predicted molar refractivity (Wildman–Crippen MR) is 119 cm³/mol. The number of nitrogens with zero attached hydrogens (tertiary/aromatic N) is 3. The number of hydrogen-bond acceptors (Lipinski definition) is 5. The molecule has 1 aromatic carbocycles. The number of hydrogen-bond donors (Lipinski definition) is 2. The van der Waals surface area contributed by atoms with Crippen LogP contribution in [0.5, 0.6) is 0 Å². The SMILES string of the molecule is C=CCC(Cc1c[nH]c2ccccc12)NC(=O)c1cnc(N2CCN(CC)CC2)o1. The van der Waals surface area contributed by atoms with Gasteiger partial charge in [-0.2, -0.15) is 0 Å². The average Bonchev–Trinajstić information content (AvgIpc) is 3.42. The number of carbonyl (C=O) groups excluding carboxylic acids is 1. The van der Waals surface area contributed by atoms with Gasteiger partial charge in [-0.3, -0.25) is 4.79 Å². The number of oxazole rings is 1. The van der Waals surface area contributed by atoms with E-state index in [0.717, 1.165) is 38.2 Å². The van der Waals surface area contributed by atoms with Crippen molar-refractivity contribution in [1.29, 1.82) is 0 Å². The lowest BCUT2D eigenvalue weighted by molar-refractivity contribution is 0.0909. The second-order valence-electron chi connectivity index (χ2n) is 7.69. The van der Waals surface area contributed by atoms with Gasteiger partial charge in [0, 0.05) is 49.3 Å². The largest absolute Gasteiger partial charge is 0.418 e. The molecule has 0 radical (unpaired) electrons. The highest BCUT2D eigenvalue weighted by Crippen LogP contribution is 2.21. The van der Waals surface area contributed by atoms with E-state index in [0.29, 0.717) is 18.9 Å². The first-order valence-electron chi connectivity index (χ1n) is 10.6. The normalized spacial score (nSPS) is 16.0. The van der Waals surface area contributed by atoms with Crippen LogP contribution in [0, 0.1) is 0 Å². The first kappa shape index (κ1) is 20.2. The third-order valence-corrected chi connectivity index (χ3v) is 5.73. The Balaban J connectivity index is 1.41. The third-order valence-electron chi connectivity index (χ3n) is 5.73. The zero-order valence-corrected chi connectivity index (χ0v) is 17.4. The van der Waals surface area contributed by atoms with Crippen molar-refractivity contribution in [3.63, 3.8) is 0 Å². The van der Waals surface area contributed by atoms with Crippen LogP contribution >= 0.6 is 0 Å². The van der Waals surface area contributed by atoms with E-state index in [9.17, 15) is 4.79 Å². The number of nitrogens with one attached hydrogen (secondary N) is 2. The summed E-state index contributed by atoms with van der Waals surface area (Å²) in [6.07, 6.45) is 6.74. The molecule has 1 fully saturated rings. The molecule has 1 atom stereocenters. The summed E-state index contributed by atoms with van der Waals surface area (Å²) in [5, 5.41) is 4.26. The van der Waals surface area contributed by atoms with E-state index < -0.39 is 0 Å². The van der Waals surface area contributed by atoms with E-state index in [1.807, 2.05) is 24.4 Å². The van der Waals surface area contributed by atoms with Gasteiger partial charge in [0.25, 0.3) is 11.9 Å². The van der Waals surface area contributed by atoms with Crippen LogP contribution in [0.3, 0.4) is 0 Å². The summed E-state index contributed by atoms with van der Waals surface area (Å²) >= 11 is 0. The van der Waals surface area contributed by atoms with Crippen molar-refractivity contribution < 1.29 is 9.21 Å². The zero-order chi connectivity index (χ0) is 20.9. The van der Waals surface area contributed by atoms with Gasteiger partial charge in [-0.25, -0.2) is 4.98 Å². The minimum absolute atomic E-state index is 0.0733. The quantitative estimate of drug-likeness (QED) is 0.561. The molecule has 1 aliphatic rings. The number of piperazine rings is 1. The van der Waals surface area contributed by atoms with Crippen LogP contribution in [0.25, 0.3) is 10.9 Å². The van der Waals surface area contributed by atoms with Crippen molar-refractivity contribution in [2.24, 2.45) is 0 Å². The predicted octanol–water partition coefficient (Wildman–Crippen LogP) is 3.22. The number of fused-ring (bicyclic) bond motifs is 1. The van der Waals surface area contributed by atoms with Crippen molar-refractivity contribution >= 4 is 22.8 Å². The van der Waals surface area contributed by atoms with E-state index in [-0.39, 0.29) is 17.7 Å². The lowest BCUT2D eigenvalue weighted by Crippen LogP contribution is -2.46. The molecule has 0 saturated carbocycles. The molecule has 2 aromatic heterocycles. The van der Waals surface area contributed by atoms with E-state index in [1.165, 1.54) is 17.1 Å². The molecule has 7 heteroatoms. The standard InChI is InChI=1S/C23H29N5O2/c1-3-7-18(14-17-15-24-20-9-6-5-8-19(17)20)26-22(29)21-16-25-23(30-21)28-12-10-27(4-2)11-13-28/h3,5-6,8-9,15-16,18,24H,1,4,7,10-14H2,2H3,(H,26,29). The van der Waals surface area contributed by atoms with Crippen LogP contribution in [0.2, 0.25) is 0 Å². The molecule has 0 aliphatic carbocycles. The van der Waals surface area contributed by atoms with Gasteiger partial charge >= 0.3 is 0 Å². The van der Waals surface area contributed by atoms with Gasteiger partial charge in [0.1, 0.15) is 0 Å². The molecule has 30 heavy (non-hydrogen) atoms. The summed E-state index contributed by atoms with van der Waals surface area (Å²) in [6, 6.07) is 8.63. The fourth-order valence-electron chi connectivity index (χ4n) is 3.99. The molecule has 3 heterocycles. The number of H-pyrrole nitrogens is 1. The molecule has 158 valence electrons. The molecule has 1 saturated heterocycles. The third kappa shape index (κ3) is 4.41. The zero-order valence-electron chi connectivity index (χ0n) is 17.4. The molecule has 0 spiro atoms. The lowest BCUT2D eigenvalue weighted by Gasteiger charge is -2.32. The Hall–Kier alpha value is -3.06. The molecule has 1 unspecified atom stereocenters. The van der Waals surface area contributed by atoms with Gasteiger partial charge in [-0.05, 0) is 31.0 Å². The van der Waals surface area contributed by atoms with Crippen molar-refractivity contribution in [3.05, 3.63) is 60.6 Å². The van der Waals surface area contributed by atoms with Crippen molar-refractivity contribution in [1.82, 2.24) is 20.2 Å². The molecule has 4 rings (SSSR count). The molecule has 0 bridgehead atoms. The molecule has 1 aliphatic heterocycles. The molecular formula is C23H29N5O2. The summed E-state index contributed by atoms with van der Waals surface area (Å²) in [6.45, 7) is 10.7. The van der Waals surface area contributed by atoms with Crippen molar-refractivity contribution in [2.45, 2.75) is 25.8 Å². The number of carbonyl (C=O) groups is 1. The number of aromatic amines is 1. The van der Waals surface area contributed by atoms with Crippen LogP contribution in [-0.4, -0.2) is 59.5 Å². The Morgan fingerprint density at radius 1 is 1.33 bits per heavy atom. The maximum atomic E-state index is 12.8. The highest BCUT2D eigenvalue weighted by Gasteiger charge is 2.23. The van der Waals surface area contributed by atoms with Gasteiger partial charge in [0.2, 0.25) is 5.76 Å². The number of benzene rings is 1. The number of aromatic nitrogens is 2. The Morgan fingerprint density at radius 2 is 2.13 bits per heavy atom. The van der Waals surface area contributed by atoms with Gasteiger partial charge in [-0.1, -0.05) is 31.2 Å². The average molecular weight is 408 g/mol. The number of rotatable bonds is 8. The summed E-state index contributed by atoms with van der Waals surface area (Å²) in [5.74, 6) is 0.00328. The topological polar surface area (TPSA) is 77.4 Å². The Labute approximate surface area is 176 Å². The van der Waals surface area contributed by atoms with E-state index in [1.54, 1.807) is 0 Å². The second kappa shape index (κ2) is 9.17. The van der Waals surface area contributed by atoms with Gasteiger partial charge in [-0.15, -0.1) is 6.58 Å². The fourth-order valence-corrected chi connectivity index (χ4v) is 3.99. The van der Waals surface area contributed by atoms with Crippen molar-refractivity contribution in [2.75, 3.05) is 37.6 Å². The molecule has 1 amide bonds. The van der Waals surface area contributed by atoms with Crippen LogP contribution in [0.4, 0.5) is 6.01 Å². The highest BCUT2D eigenvalue weighted by molar-refractivity contribution is 5.91. The molecule has 3 aromatic rings. The van der Waals surface area contributed by atoms with E-state index >= 15 is 0 Å². The Morgan fingerprint density at radius 3 is 2.90 bits per heavy atom. The number of para-hydroxylation sites is 1. The van der Waals surface area contributed by atoms with Crippen LogP contribution < -0.4 is 10.2 Å².